The number of aryl methyl sites for hydroxylation is 1. The van der Waals surface area contributed by atoms with Gasteiger partial charge in [-0.1, -0.05) is 37.0 Å². The molecule has 0 aliphatic heterocycles. The molecule has 0 heterocycles. The van der Waals surface area contributed by atoms with Crippen molar-refractivity contribution in [3.8, 4) is 0 Å². The van der Waals surface area contributed by atoms with Crippen molar-refractivity contribution in [2.75, 3.05) is 0 Å². The average molecular weight is 233 g/mol. The van der Waals surface area contributed by atoms with Gasteiger partial charge in [-0.05, 0) is 31.9 Å². The molecule has 0 unspecified atom stereocenters. The lowest BCUT2D eigenvalue weighted by Crippen LogP contribution is -2.33. The third-order valence-corrected chi connectivity index (χ3v) is 3.21. The lowest BCUT2D eigenvalue weighted by molar-refractivity contribution is 0.0113. The van der Waals surface area contributed by atoms with Crippen LogP contribution in [0.2, 0.25) is 0 Å². The molecular weight excluding hydrogens is 214 g/mol. The monoisotopic (exact) mass is 233 g/mol. The predicted octanol–water partition coefficient (Wildman–Crippen LogP) is 2.99. The Morgan fingerprint density at radius 3 is 2.47 bits per heavy atom. The number of hydrogen-bond donors (Lipinski definition) is 1. The van der Waals surface area contributed by atoms with Crippen molar-refractivity contribution in [2.45, 2.75) is 45.1 Å². The Kier molecular flexibility index (Phi) is 4.15. The second-order valence-corrected chi connectivity index (χ2v) is 4.71. The van der Waals surface area contributed by atoms with Crippen LogP contribution < -0.4 is 5.48 Å². The number of carbonyl (C=O) groups excluding carboxylic acids is 1. The number of rotatable bonds is 3. The number of benzene rings is 1. The third-order valence-electron chi connectivity index (χ3n) is 3.21. The zero-order chi connectivity index (χ0) is 12.1. The fourth-order valence-corrected chi connectivity index (χ4v) is 2.11. The molecule has 0 aromatic heterocycles. The summed E-state index contributed by atoms with van der Waals surface area (Å²) in [5.74, 6) is -0.296. The molecule has 1 N–H and O–H groups in total. The average Bonchev–Trinajstić information content (AvgIpc) is 2.38. The van der Waals surface area contributed by atoms with E-state index in [1.165, 1.54) is 19.3 Å². The summed E-state index contributed by atoms with van der Waals surface area (Å²) in [7, 11) is 0. The summed E-state index contributed by atoms with van der Waals surface area (Å²) >= 11 is 0. The van der Waals surface area contributed by atoms with Crippen LogP contribution in [0, 0.1) is 6.92 Å². The molecule has 1 fully saturated rings. The number of hydrogen-bond acceptors (Lipinski definition) is 3. The highest BCUT2D eigenvalue weighted by atomic mass is 16.7. The van der Waals surface area contributed by atoms with Gasteiger partial charge in [-0.25, -0.2) is 4.79 Å². The van der Waals surface area contributed by atoms with Gasteiger partial charge in [0.1, 0.15) is 0 Å². The van der Waals surface area contributed by atoms with Gasteiger partial charge in [0.15, 0.2) is 0 Å². The molecule has 1 aliphatic rings. The molecule has 3 heteroatoms. The first-order chi connectivity index (χ1) is 8.25. The summed E-state index contributed by atoms with van der Waals surface area (Å²) in [4.78, 5) is 16.8. The van der Waals surface area contributed by atoms with Crippen LogP contribution in [0.5, 0.6) is 0 Å². The fourth-order valence-electron chi connectivity index (χ4n) is 2.11. The van der Waals surface area contributed by atoms with E-state index in [4.69, 9.17) is 4.84 Å². The van der Waals surface area contributed by atoms with Gasteiger partial charge in [-0.2, -0.15) is 0 Å². The smallest absolute Gasteiger partial charge is 0.356 e. The minimum absolute atomic E-state index is 0.296. The van der Waals surface area contributed by atoms with Gasteiger partial charge in [0.2, 0.25) is 0 Å². The summed E-state index contributed by atoms with van der Waals surface area (Å²) in [5, 5.41) is 0. The molecule has 0 atom stereocenters. The van der Waals surface area contributed by atoms with E-state index in [1.54, 1.807) is 12.1 Å². The molecule has 1 aromatic rings. The van der Waals surface area contributed by atoms with Crippen molar-refractivity contribution in [3.05, 3.63) is 35.4 Å². The Hall–Kier alpha value is -1.35. The first-order valence-corrected chi connectivity index (χ1v) is 6.29. The van der Waals surface area contributed by atoms with Crippen LogP contribution in [0.3, 0.4) is 0 Å². The van der Waals surface area contributed by atoms with Gasteiger partial charge < -0.3 is 4.84 Å². The molecule has 92 valence electrons. The van der Waals surface area contributed by atoms with Crippen LogP contribution >= 0.6 is 0 Å². The maximum absolute atomic E-state index is 11.7. The van der Waals surface area contributed by atoms with E-state index in [-0.39, 0.29) is 5.97 Å². The lowest BCUT2D eigenvalue weighted by atomic mass is 9.96. The van der Waals surface area contributed by atoms with Gasteiger partial charge >= 0.3 is 5.97 Å². The molecule has 1 saturated carbocycles. The van der Waals surface area contributed by atoms with E-state index >= 15 is 0 Å². The Morgan fingerprint density at radius 1 is 1.18 bits per heavy atom. The van der Waals surface area contributed by atoms with Crippen LogP contribution in [-0.4, -0.2) is 12.0 Å². The van der Waals surface area contributed by atoms with Gasteiger partial charge in [0, 0.05) is 6.04 Å². The van der Waals surface area contributed by atoms with Gasteiger partial charge in [0.05, 0.1) is 5.56 Å². The van der Waals surface area contributed by atoms with E-state index in [2.05, 4.69) is 5.48 Å². The van der Waals surface area contributed by atoms with E-state index < -0.39 is 0 Å². The summed E-state index contributed by atoms with van der Waals surface area (Å²) in [6.07, 6.45) is 5.94. The van der Waals surface area contributed by atoms with Gasteiger partial charge in [-0.15, -0.1) is 5.48 Å². The maximum atomic E-state index is 11.7. The van der Waals surface area contributed by atoms with Crippen LogP contribution in [0.4, 0.5) is 0 Å². The Bertz CT molecular complexity index is 366. The molecule has 3 nitrogen and oxygen atoms in total. The molecule has 0 saturated heterocycles. The molecule has 17 heavy (non-hydrogen) atoms. The maximum Gasteiger partial charge on any atom is 0.356 e. The van der Waals surface area contributed by atoms with Crippen molar-refractivity contribution in [2.24, 2.45) is 0 Å². The van der Waals surface area contributed by atoms with Crippen LogP contribution in [0.15, 0.2) is 24.3 Å². The summed E-state index contributed by atoms with van der Waals surface area (Å²) in [6, 6.07) is 7.74. The Morgan fingerprint density at radius 2 is 1.82 bits per heavy atom. The van der Waals surface area contributed by atoms with E-state index in [0.717, 1.165) is 18.4 Å². The van der Waals surface area contributed by atoms with Crippen molar-refractivity contribution in [3.63, 3.8) is 0 Å². The van der Waals surface area contributed by atoms with Gasteiger partial charge in [0.25, 0.3) is 0 Å². The molecule has 0 radical (unpaired) electrons. The van der Waals surface area contributed by atoms with Crippen LogP contribution in [0.1, 0.15) is 48.0 Å². The predicted molar refractivity (Wildman–Crippen MR) is 66.6 cm³/mol. The second kappa shape index (κ2) is 5.82. The van der Waals surface area contributed by atoms with E-state index in [9.17, 15) is 4.79 Å². The van der Waals surface area contributed by atoms with Crippen molar-refractivity contribution in [1.29, 1.82) is 0 Å². The molecule has 2 rings (SSSR count). The lowest BCUT2D eigenvalue weighted by Gasteiger charge is -2.21. The summed E-state index contributed by atoms with van der Waals surface area (Å²) in [5.41, 5.74) is 4.62. The number of nitrogens with one attached hydrogen (secondary N) is 1. The van der Waals surface area contributed by atoms with Gasteiger partial charge in [-0.3, -0.25) is 0 Å². The second-order valence-electron chi connectivity index (χ2n) is 4.71. The highest BCUT2D eigenvalue weighted by Gasteiger charge is 2.15. The number of carbonyl (C=O) groups is 1. The quantitative estimate of drug-likeness (QED) is 0.816. The number of hydroxylamine groups is 1. The van der Waals surface area contributed by atoms with Crippen LogP contribution in [-0.2, 0) is 4.84 Å². The molecule has 1 aromatic carbocycles. The molecule has 0 spiro atoms. The Balaban J connectivity index is 1.82. The van der Waals surface area contributed by atoms with Crippen molar-refractivity contribution in [1.82, 2.24) is 5.48 Å². The highest BCUT2D eigenvalue weighted by molar-refractivity contribution is 5.89. The zero-order valence-electron chi connectivity index (χ0n) is 10.2. The standard InChI is InChI=1S/C14H19NO2/c1-11-7-9-12(10-8-11)14(16)17-15-13-5-3-2-4-6-13/h7-10,13,15H,2-6H2,1H3. The Labute approximate surface area is 102 Å². The normalized spacial score (nSPS) is 16.8. The topological polar surface area (TPSA) is 38.3 Å². The molecular formula is C14H19NO2. The molecule has 0 bridgehead atoms. The summed E-state index contributed by atoms with van der Waals surface area (Å²) < 4.78 is 0. The molecule has 1 aliphatic carbocycles. The highest BCUT2D eigenvalue weighted by Crippen LogP contribution is 2.17. The largest absolute Gasteiger partial charge is 0.366 e. The minimum Gasteiger partial charge on any atom is -0.366 e. The third kappa shape index (κ3) is 3.56. The summed E-state index contributed by atoms with van der Waals surface area (Å²) in [6.45, 7) is 2.00. The van der Waals surface area contributed by atoms with E-state index in [1.807, 2.05) is 19.1 Å². The fraction of sp³-hybridized carbons (Fsp3) is 0.500. The van der Waals surface area contributed by atoms with Crippen molar-refractivity contribution < 1.29 is 9.63 Å². The first-order valence-electron chi connectivity index (χ1n) is 6.29. The zero-order valence-corrected chi connectivity index (χ0v) is 10.2. The first kappa shape index (κ1) is 12.1. The van der Waals surface area contributed by atoms with Crippen LogP contribution in [0.25, 0.3) is 0 Å². The van der Waals surface area contributed by atoms with E-state index in [0.29, 0.717) is 11.6 Å². The van der Waals surface area contributed by atoms with Crippen molar-refractivity contribution >= 4 is 5.97 Å². The molecule has 0 amide bonds. The SMILES string of the molecule is Cc1ccc(C(=O)ONC2CCCCC2)cc1. The minimum atomic E-state index is -0.296.